The Morgan fingerprint density at radius 2 is 0.875 bits per heavy atom. The van der Waals surface area contributed by atoms with Crippen molar-refractivity contribution in [2.24, 2.45) is 0 Å². The molecule has 8 aromatic carbocycles. The highest BCUT2D eigenvalue weighted by Gasteiger charge is 2.20. The lowest BCUT2D eigenvalue weighted by Gasteiger charge is -2.13. The van der Waals surface area contributed by atoms with Crippen molar-refractivity contribution >= 4 is 75.4 Å². The van der Waals surface area contributed by atoms with Gasteiger partial charge in [-0.2, -0.15) is 0 Å². The molecule has 0 aliphatic heterocycles. The van der Waals surface area contributed by atoms with Gasteiger partial charge < -0.3 is 0 Å². The van der Waals surface area contributed by atoms with Gasteiger partial charge in [-0.15, -0.1) is 0 Å². The van der Waals surface area contributed by atoms with Crippen LogP contribution in [0.2, 0.25) is 0 Å². The third-order valence-corrected chi connectivity index (χ3v) is 7.28. The molecule has 0 N–H and O–H groups in total. The average Bonchev–Trinajstić information content (AvgIpc) is 3.29. The lowest BCUT2D eigenvalue weighted by atomic mass is 9.90. The molecular formula is C30H14O2. The molecule has 0 aliphatic rings. The number of benzene rings is 6. The van der Waals surface area contributed by atoms with Gasteiger partial charge >= 0.3 is 0 Å². The first-order valence-corrected chi connectivity index (χ1v) is 10.8. The second kappa shape index (κ2) is 5.30. The zero-order chi connectivity index (χ0) is 21.1. The fourth-order valence-electron chi connectivity index (χ4n) is 5.97. The molecule has 32 heavy (non-hydrogen) atoms. The van der Waals surface area contributed by atoms with E-state index in [-0.39, 0.29) is 10.9 Å². The lowest BCUT2D eigenvalue weighted by Crippen LogP contribution is -1.96. The minimum atomic E-state index is 0.0904. The van der Waals surface area contributed by atoms with Crippen LogP contribution in [0.5, 0.6) is 0 Å². The van der Waals surface area contributed by atoms with E-state index in [1.807, 2.05) is 54.6 Å². The van der Waals surface area contributed by atoms with E-state index < -0.39 is 0 Å². The summed E-state index contributed by atoms with van der Waals surface area (Å²) in [5.74, 6) is 0. The zero-order valence-electron chi connectivity index (χ0n) is 16.9. The Bertz CT molecular complexity index is 2170. The largest absolute Gasteiger partial charge is 0.289 e. The summed E-state index contributed by atoms with van der Waals surface area (Å²) in [6.07, 6.45) is 0. The highest BCUT2D eigenvalue weighted by atomic mass is 16.1. The smallest absolute Gasteiger partial charge is 0.194 e. The number of hydrogen-bond acceptors (Lipinski definition) is 2. The molecule has 2 heteroatoms. The van der Waals surface area contributed by atoms with Crippen molar-refractivity contribution < 1.29 is 0 Å². The normalized spacial score (nSPS) is 12.6. The molecule has 0 spiro atoms. The number of rotatable bonds is 0. The van der Waals surface area contributed by atoms with Crippen LogP contribution in [0.25, 0.3) is 75.4 Å². The Balaban J connectivity index is 1.72. The Morgan fingerprint density at radius 3 is 1.56 bits per heavy atom. The fraction of sp³-hybridized carbons (Fsp3) is 0. The SMILES string of the molecule is O=c1c2ccccc2c2c1cc1ccc3c4c(=O)c5ccccc5c4cc4ccc2c1c43. The van der Waals surface area contributed by atoms with E-state index in [0.717, 1.165) is 75.4 Å². The Hall–Kier alpha value is -4.30. The van der Waals surface area contributed by atoms with Crippen LogP contribution in [0.1, 0.15) is 0 Å². The highest BCUT2D eigenvalue weighted by Crippen LogP contribution is 2.43. The summed E-state index contributed by atoms with van der Waals surface area (Å²) in [5, 5.41) is 13.6. The topological polar surface area (TPSA) is 34.1 Å². The first-order valence-electron chi connectivity index (χ1n) is 10.8. The van der Waals surface area contributed by atoms with Gasteiger partial charge in [0, 0.05) is 26.9 Å². The molecule has 0 radical (unpaired) electrons. The first kappa shape index (κ1) is 16.4. The van der Waals surface area contributed by atoms with E-state index in [2.05, 4.69) is 30.3 Å². The standard InChI is InChI=1S/C30H14O2/c31-29-20-8-4-2-6-18(20)27-21-11-9-15-13-23-17-5-1-3-7-19(17)30(32)28(23)22-12-10-16(14-24(27)29)25(21)26(15)22/h1-14H. The van der Waals surface area contributed by atoms with E-state index in [0.29, 0.717) is 0 Å². The van der Waals surface area contributed by atoms with Crippen molar-refractivity contribution in [3.8, 4) is 0 Å². The molecule has 0 unspecified atom stereocenters. The highest BCUT2D eigenvalue weighted by molar-refractivity contribution is 6.37. The van der Waals surface area contributed by atoms with Crippen molar-refractivity contribution in [3.63, 3.8) is 0 Å². The number of hydrogen-bond donors (Lipinski definition) is 0. The summed E-state index contributed by atoms with van der Waals surface area (Å²) >= 11 is 0. The van der Waals surface area contributed by atoms with Crippen LogP contribution in [0, 0.1) is 0 Å². The summed E-state index contributed by atoms with van der Waals surface area (Å²) < 4.78 is 0. The zero-order valence-corrected chi connectivity index (χ0v) is 16.9. The fourth-order valence-corrected chi connectivity index (χ4v) is 5.97. The lowest BCUT2D eigenvalue weighted by molar-refractivity contribution is 1.80. The molecule has 0 fully saturated rings. The Morgan fingerprint density at radius 1 is 0.344 bits per heavy atom. The molecule has 0 saturated carbocycles. The molecule has 2 nitrogen and oxygen atoms in total. The van der Waals surface area contributed by atoms with E-state index in [4.69, 9.17) is 0 Å². The minimum absolute atomic E-state index is 0.0904. The van der Waals surface area contributed by atoms with Crippen LogP contribution < -0.4 is 10.9 Å². The maximum Gasteiger partial charge on any atom is 0.194 e. The van der Waals surface area contributed by atoms with Crippen molar-refractivity contribution in [2.75, 3.05) is 0 Å². The van der Waals surface area contributed by atoms with E-state index >= 15 is 0 Å². The maximum atomic E-state index is 13.4. The minimum Gasteiger partial charge on any atom is -0.289 e. The second-order valence-electron chi connectivity index (χ2n) is 8.77. The van der Waals surface area contributed by atoms with Gasteiger partial charge in [-0.25, -0.2) is 0 Å². The van der Waals surface area contributed by atoms with Crippen LogP contribution in [-0.4, -0.2) is 0 Å². The number of fused-ring (bicyclic) bond motifs is 8. The van der Waals surface area contributed by atoms with Gasteiger partial charge in [0.2, 0.25) is 0 Å². The molecule has 0 heterocycles. The van der Waals surface area contributed by atoms with Crippen molar-refractivity contribution in [1.29, 1.82) is 0 Å². The van der Waals surface area contributed by atoms with Crippen molar-refractivity contribution in [3.05, 3.63) is 105 Å². The van der Waals surface area contributed by atoms with E-state index in [1.54, 1.807) is 0 Å². The van der Waals surface area contributed by atoms with Gasteiger partial charge in [-0.3, -0.25) is 9.59 Å². The molecule has 0 amide bonds. The van der Waals surface area contributed by atoms with Gasteiger partial charge in [0.25, 0.3) is 0 Å². The summed E-state index contributed by atoms with van der Waals surface area (Å²) in [6, 6.07) is 28.3. The molecule has 8 aromatic rings. The molecule has 0 atom stereocenters. The third-order valence-electron chi connectivity index (χ3n) is 7.28. The van der Waals surface area contributed by atoms with Gasteiger partial charge in [0.15, 0.2) is 10.9 Å². The van der Waals surface area contributed by atoms with Crippen LogP contribution in [0.15, 0.2) is 94.5 Å². The summed E-state index contributed by atoms with van der Waals surface area (Å²) in [6.45, 7) is 0. The van der Waals surface area contributed by atoms with Crippen LogP contribution in [0.4, 0.5) is 0 Å². The maximum absolute atomic E-state index is 13.4. The second-order valence-corrected chi connectivity index (χ2v) is 8.77. The molecule has 146 valence electrons. The molecule has 0 aromatic heterocycles. The Kier molecular flexibility index (Phi) is 2.71. The molecule has 8 rings (SSSR count). The van der Waals surface area contributed by atoms with Gasteiger partial charge in [-0.05, 0) is 60.6 Å². The predicted molar refractivity (Wildman–Crippen MR) is 135 cm³/mol. The van der Waals surface area contributed by atoms with Crippen LogP contribution in [-0.2, 0) is 0 Å². The van der Waals surface area contributed by atoms with Gasteiger partial charge in [-0.1, -0.05) is 72.8 Å². The first-order chi connectivity index (χ1) is 15.7. The van der Waals surface area contributed by atoms with Crippen molar-refractivity contribution in [2.45, 2.75) is 0 Å². The van der Waals surface area contributed by atoms with Gasteiger partial charge in [0.05, 0.1) is 0 Å². The van der Waals surface area contributed by atoms with Crippen LogP contribution >= 0.6 is 0 Å². The summed E-state index contributed by atoms with van der Waals surface area (Å²) in [5.41, 5.74) is 0.187. The van der Waals surface area contributed by atoms with Gasteiger partial charge in [0.1, 0.15) is 0 Å². The van der Waals surface area contributed by atoms with Crippen molar-refractivity contribution in [1.82, 2.24) is 0 Å². The predicted octanol–water partition coefficient (Wildman–Crippen LogP) is 6.79. The molecule has 0 bridgehead atoms. The quantitative estimate of drug-likeness (QED) is 0.260. The molecule has 0 saturated heterocycles. The van der Waals surface area contributed by atoms with E-state index in [9.17, 15) is 9.59 Å². The average molecular weight is 406 g/mol. The third kappa shape index (κ3) is 1.71. The molecule has 0 aliphatic carbocycles. The Labute approximate surface area is 180 Å². The van der Waals surface area contributed by atoms with E-state index in [1.165, 1.54) is 0 Å². The monoisotopic (exact) mass is 406 g/mol. The summed E-state index contributed by atoms with van der Waals surface area (Å²) in [7, 11) is 0. The van der Waals surface area contributed by atoms with Crippen LogP contribution in [0.3, 0.4) is 0 Å². The molecular weight excluding hydrogens is 392 g/mol. The summed E-state index contributed by atoms with van der Waals surface area (Å²) in [4.78, 5) is 26.5.